The van der Waals surface area contributed by atoms with E-state index in [1.54, 1.807) is 0 Å². The third-order valence-electron chi connectivity index (χ3n) is 6.68. The van der Waals surface area contributed by atoms with E-state index in [9.17, 15) is 0 Å². The van der Waals surface area contributed by atoms with Gasteiger partial charge in [-0.1, -0.05) is 34.1 Å². The zero-order chi connectivity index (χ0) is 14.1. The van der Waals surface area contributed by atoms with E-state index in [2.05, 4.69) is 33.0 Å². The number of aliphatic hydroxyl groups excluding tert-OH is 1. The summed E-state index contributed by atoms with van der Waals surface area (Å²) in [5.41, 5.74) is 0.982. The highest BCUT2D eigenvalue weighted by molar-refractivity contribution is 5.12. The van der Waals surface area contributed by atoms with Crippen molar-refractivity contribution >= 4 is 0 Å². The summed E-state index contributed by atoms with van der Waals surface area (Å²) in [6, 6.07) is 0.694. The average Bonchev–Trinajstić information content (AvgIpc) is 2.69. The second kappa shape index (κ2) is 5.73. The highest BCUT2D eigenvalue weighted by atomic mass is 16.3. The van der Waals surface area contributed by atoms with Gasteiger partial charge in [-0.15, -0.1) is 0 Å². The normalized spacial score (nSPS) is 37.7. The predicted octanol–water partition coefficient (Wildman–Crippen LogP) is 3.59. The van der Waals surface area contributed by atoms with E-state index in [0.717, 1.165) is 18.9 Å². The smallest absolute Gasteiger partial charge is 0.0434 e. The Morgan fingerprint density at radius 2 is 2.00 bits per heavy atom. The van der Waals surface area contributed by atoms with Gasteiger partial charge in [0.15, 0.2) is 0 Å². The molecule has 2 rings (SSSR count). The fourth-order valence-corrected chi connectivity index (χ4v) is 4.76. The molecular weight excluding hydrogens is 234 g/mol. The Kier molecular flexibility index (Phi) is 4.62. The minimum Gasteiger partial charge on any atom is -0.396 e. The molecule has 2 aliphatic carbocycles. The molecule has 0 aromatic rings. The Hall–Kier alpha value is -0.0800. The lowest BCUT2D eigenvalue weighted by Crippen LogP contribution is -2.46. The summed E-state index contributed by atoms with van der Waals surface area (Å²) in [4.78, 5) is 0. The third kappa shape index (κ3) is 2.58. The summed E-state index contributed by atoms with van der Waals surface area (Å²) in [5, 5.41) is 13.0. The van der Waals surface area contributed by atoms with Crippen molar-refractivity contribution in [3.05, 3.63) is 0 Å². The van der Waals surface area contributed by atoms with E-state index < -0.39 is 0 Å². The molecule has 0 amide bonds. The monoisotopic (exact) mass is 267 g/mol. The molecule has 0 saturated heterocycles. The zero-order valence-electron chi connectivity index (χ0n) is 13.3. The van der Waals surface area contributed by atoms with Crippen molar-refractivity contribution in [2.24, 2.45) is 22.7 Å². The molecular formula is C17H33NO. The Bertz CT molecular complexity index is 296. The Balaban J connectivity index is 1.90. The van der Waals surface area contributed by atoms with Gasteiger partial charge in [-0.2, -0.15) is 0 Å². The van der Waals surface area contributed by atoms with Gasteiger partial charge in [0.1, 0.15) is 0 Å². The first-order valence-corrected chi connectivity index (χ1v) is 8.30. The van der Waals surface area contributed by atoms with Crippen molar-refractivity contribution in [2.45, 2.75) is 72.3 Å². The second-order valence-electron chi connectivity index (χ2n) is 7.74. The van der Waals surface area contributed by atoms with Crippen molar-refractivity contribution in [2.75, 3.05) is 13.2 Å². The van der Waals surface area contributed by atoms with E-state index in [4.69, 9.17) is 5.11 Å². The van der Waals surface area contributed by atoms with Gasteiger partial charge in [0, 0.05) is 12.6 Å². The Morgan fingerprint density at radius 1 is 1.26 bits per heavy atom. The van der Waals surface area contributed by atoms with Crippen LogP contribution in [0.4, 0.5) is 0 Å². The summed E-state index contributed by atoms with van der Waals surface area (Å²) < 4.78 is 0. The highest BCUT2D eigenvalue weighted by Gasteiger charge is 2.60. The van der Waals surface area contributed by atoms with Crippen LogP contribution in [0.2, 0.25) is 0 Å². The number of aliphatic hydroxyl groups is 1. The van der Waals surface area contributed by atoms with E-state index >= 15 is 0 Å². The maximum atomic E-state index is 9.17. The van der Waals surface area contributed by atoms with Crippen LogP contribution in [0.15, 0.2) is 0 Å². The van der Waals surface area contributed by atoms with Gasteiger partial charge >= 0.3 is 0 Å². The molecule has 0 radical (unpaired) electrons. The fourth-order valence-electron chi connectivity index (χ4n) is 4.76. The van der Waals surface area contributed by atoms with E-state index in [1.807, 2.05) is 0 Å². The van der Waals surface area contributed by atoms with E-state index in [0.29, 0.717) is 29.4 Å². The third-order valence-corrected chi connectivity index (χ3v) is 6.68. The molecule has 2 saturated carbocycles. The lowest BCUT2D eigenvalue weighted by molar-refractivity contribution is 0.117. The lowest BCUT2D eigenvalue weighted by Gasteiger charge is -2.40. The first-order chi connectivity index (χ1) is 8.95. The first-order valence-electron chi connectivity index (χ1n) is 8.30. The molecule has 2 aliphatic rings. The Morgan fingerprint density at radius 3 is 2.47 bits per heavy atom. The molecule has 4 atom stereocenters. The number of nitrogens with one attached hydrogen (secondary N) is 1. The largest absolute Gasteiger partial charge is 0.396 e. The molecule has 0 spiro atoms. The zero-order valence-corrected chi connectivity index (χ0v) is 13.3. The van der Waals surface area contributed by atoms with Crippen molar-refractivity contribution in [1.29, 1.82) is 0 Å². The number of fused-ring (bicyclic) bond motifs is 2. The fraction of sp³-hybridized carbons (Fsp3) is 1.00. The number of hydrogen-bond acceptors (Lipinski definition) is 2. The number of hydrogen-bond donors (Lipinski definition) is 2. The van der Waals surface area contributed by atoms with Gasteiger partial charge in [-0.25, -0.2) is 0 Å². The molecule has 0 aliphatic heterocycles. The molecule has 19 heavy (non-hydrogen) atoms. The molecule has 2 nitrogen and oxygen atoms in total. The van der Waals surface area contributed by atoms with Crippen molar-refractivity contribution in [1.82, 2.24) is 5.32 Å². The van der Waals surface area contributed by atoms with E-state index in [-0.39, 0.29) is 0 Å². The first kappa shape index (κ1) is 15.3. The van der Waals surface area contributed by atoms with E-state index in [1.165, 1.54) is 32.1 Å². The highest BCUT2D eigenvalue weighted by Crippen LogP contribution is 2.65. The van der Waals surface area contributed by atoms with Crippen LogP contribution in [0.1, 0.15) is 66.2 Å². The molecule has 2 bridgehead atoms. The molecule has 0 aromatic heterocycles. The van der Waals surface area contributed by atoms with Crippen LogP contribution in [0.25, 0.3) is 0 Å². The van der Waals surface area contributed by atoms with Crippen molar-refractivity contribution in [3.63, 3.8) is 0 Å². The molecule has 2 heteroatoms. The standard InChI is InChI=1S/C17H33NO/c1-5-6-13(8-10-19)12-18-15-11-14-7-9-17(15,4)16(14,2)3/h13-15,18-19H,5-12H2,1-4H3. The van der Waals surface area contributed by atoms with Crippen molar-refractivity contribution < 1.29 is 5.11 Å². The SMILES string of the molecule is CCCC(CCO)CNC1CC2CCC1(C)C2(C)C. The molecule has 0 heterocycles. The van der Waals surface area contributed by atoms with Gasteiger partial charge in [0.25, 0.3) is 0 Å². The summed E-state index contributed by atoms with van der Waals surface area (Å²) in [7, 11) is 0. The molecule has 2 N–H and O–H groups in total. The van der Waals surface area contributed by atoms with Crippen LogP contribution in [0, 0.1) is 22.7 Å². The minimum absolute atomic E-state index is 0.336. The van der Waals surface area contributed by atoms with Gasteiger partial charge in [-0.3, -0.25) is 0 Å². The molecule has 112 valence electrons. The molecule has 4 unspecified atom stereocenters. The van der Waals surface area contributed by atoms with Gasteiger partial charge in [0.2, 0.25) is 0 Å². The van der Waals surface area contributed by atoms with Gasteiger partial charge in [0.05, 0.1) is 0 Å². The van der Waals surface area contributed by atoms with Gasteiger partial charge in [-0.05, 0) is 61.3 Å². The Labute approximate surface area is 119 Å². The van der Waals surface area contributed by atoms with Crippen LogP contribution >= 0.6 is 0 Å². The van der Waals surface area contributed by atoms with Crippen LogP contribution in [0.5, 0.6) is 0 Å². The van der Waals surface area contributed by atoms with Crippen molar-refractivity contribution in [3.8, 4) is 0 Å². The van der Waals surface area contributed by atoms with Crippen LogP contribution in [0.3, 0.4) is 0 Å². The summed E-state index contributed by atoms with van der Waals surface area (Å²) >= 11 is 0. The average molecular weight is 267 g/mol. The van der Waals surface area contributed by atoms with Crippen LogP contribution in [-0.4, -0.2) is 24.3 Å². The van der Waals surface area contributed by atoms with Crippen LogP contribution < -0.4 is 5.32 Å². The quantitative estimate of drug-likeness (QED) is 0.739. The summed E-state index contributed by atoms with van der Waals surface area (Å²) in [6.07, 6.45) is 7.60. The molecule has 2 fully saturated rings. The minimum atomic E-state index is 0.336. The van der Waals surface area contributed by atoms with Crippen LogP contribution in [-0.2, 0) is 0 Å². The maximum absolute atomic E-state index is 9.17. The topological polar surface area (TPSA) is 32.3 Å². The van der Waals surface area contributed by atoms with Gasteiger partial charge < -0.3 is 10.4 Å². The second-order valence-corrected chi connectivity index (χ2v) is 7.74. The summed E-state index contributed by atoms with van der Waals surface area (Å²) in [5.74, 6) is 1.57. The summed E-state index contributed by atoms with van der Waals surface area (Å²) in [6.45, 7) is 11.1. The predicted molar refractivity (Wildman–Crippen MR) is 81.1 cm³/mol. The lowest BCUT2D eigenvalue weighted by atomic mass is 9.69. The maximum Gasteiger partial charge on any atom is 0.0434 e. The number of rotatable bonds is 7. The molecule has 0 aromatic carbocycles.